The first kappa shape index (κ1) is 16.6. The van der Waals surface area contributed by atoms with Crippen LogP contribution in [-0.2, 0) is 6.54 Å². The molecule has 1 heterocycles. The summed E-state index contributed by atoms with van der Waals surface area (Å²) in [7, 11) is 0. The fourth-order valence-electron chi connectivity index (χ4n) is 2.20. The molecule has 0 saturated heterocycles. The van der Waals surface area contributed by atoms with Crippen molar-refractivity contribution in [3.63, 3.8) is 0 Å². The second-order valence-corrected chi connectivity index (χ2v) is 6.21. The van der Waals surface area contributed by atoms with Gasteiger partial charge in [-0.15, -0.1) is 0 Å². The van der Waals surface area contributed by atoms with E-state index in [0.29, 0.717) is 13.1 Å². The van der Waals surface area contributed by atoms with Gasteiger partial charge in [-0.1, -0.05) is 27.7 Å². The average Bonchev–Trinajstić information content (AvgIpc) is 2.88. The zero-order valence-corrected chi connectivity index (χ0v) is 12.9. The summed E-state index contributed by atoms with van der Waals surface area (Å²) in [6.07, 6.45) is 3.48. The van der Waals surface area contributed by atoms with E-state index in [9.17, 15) is 9.90 Å². The van der Waals surface area contributed by atoms with E-state index < -0.39 is 6.10 Å². The summed E-state index contributed by atoms with van der Waals surface area (Å²) in [4.78, 5) is 11.7. The van der Waals surface area contributed by atoms with Gasteiger partial charge in [0, 0.05) is 37.4 Å². The molecule has 0 spiro atoms. The lowest BCUT2D eigenvalue weighted by molar-refractivity contribution is 0.0151. The first-order valence-corrected chi connectivity index (χ1v) is 7.13. The van der Waals surface area contributed by atoms with E-state index in [-0.39, 0.29) is 17.4 Å². The molecule has 0 aromatic carbocycles. The number of aliphatic hydroxyl groups is 1. The summed E-state index contributed by atoms with van der Waals surface area (Å²) >= 11 is 0. The molecule has 2 amide bonds. The molecule has 0 aliphatic heterocycles. The third-order valence-corrected chi connectivity index (χ3v) is 3.46. The quantitative estimate of drug-likeness (QED) is 0.714. The summed E-state index contributed by atoms with van der Waals surface area (Å²) in [6, 6.07) is 3.72. The fraction of sp³-hybridized carbons (Fsp3) is 0.667. The Hall–Kier alpha value is -1.49. The van der Waals surface area contributed by atoms with E-state index in [1.165, 1.54) is 0 Å². The number of rotatable bonds is 7. The first-order valence-electron chi connectivity index (χ1n) is 7.13. The lowest BCUT2D eigenvalue weighted by Crippen LogP contribution is -2.46. The topological polar surface area (TPSA) is 66.3 Å². The lowest BCUT2D eigenvalue weighted by Gasteiger charge is -2.33. The molecule has 0 unspecified atom stereocenters. The van der Waals surface area contributed by atoms with E-state index in [1.54, 1.807) is 0 Å². The number of hydrogen-bond donors (Lipinski definition) is 3. The maximum Gasteiger partial charge on any atom is 0.314 e. The smallest absolute Gasteiger partial charge is 0.314 e. The molecule has 0 aliphatic carbocycles. The Labute approximate surface area is 121 Å². The Balaban J connectivity index is 2.25. The first-order chi connectivity index (χ1) is 9.33. The van der Waals surface area contributed by atoms with Crippen molar-refractivity contribution in [1.29, 1.82) is 0 Å². The third kappa shape index (κ3) is 5.25. The van der Waals surface area contributed by atoms with Gasteiger partial charge in [-0.25, -0.2) is 4.79 Å². The molecule has 0 fully saturated rings. The van der Waals surface area contributed by atoms with Gasteiger partial charge in [0.15, 0.2) is 0 Å². The van der Waals surface area contributed by atoms with Crippen LogP contribution >= 0.6 is 0 Å². The number of urea groups is 1. The molecule has 0 bridgehead atoms. The predicted octanol–water partition coefficient (Wildman–Crippen LogP) is 1.83. The van der Waals surface area contributed by atoms with Crippen molar-refractivity contribution in [3.05, 3.63) is 24.5 Å². The van der Waals surface area contributed by atoms with Crippen molar-refractivity contribution in [2.75, 3.05) is 13.1 Å². The van der Waals surface area contributed by atoms with Gasteiger partial charge in [0.05, 0.1) is 6.10 Å². The maximum atomic E-state index is 11.7. The van der Waals surface area contributed by atoms with Crippen LogP contribution in [0.1, 0.15) is 27.7 Å². The normalized spacial score (nSPS) is 13.3. The zero-order chi connectivity index (χ0) is 15.2. The van der Waals surface area contributed by atoms with E-state index in [1.807, 2.05) is 56.8 Å². The third-order valence-electron chi connectivity index (χ3n) is 3.46. The Bertz CT molecular complexity index is 399. The van der Waals surface area contributed by atoms with Crippen molar-refractivity contribution in [2.24, 2.45) is 11.3 Å². The van der Waals surface area contributed by atoms with Crippen LogP contribution in [0.5, 0.6) is 0 Å². The summed E-state index contributed by atoms with van der Waals surface area (Å²) < 4.78 is 2.01. The Kier molecular flexibility index (Phi) is 6.07. The van der Waals surface area contributed by atoms with Crippen molar-refractivity contribution in [2.45, 2.75) is 40.3 Å². The monoisotopic (exact) mass is 281 g/mol. The summed E-state index contributed by atoms with van der Waals surface area (Å²) in [6.45, 7) is 9.64. The minimum absolute atomic E-state index is 0.170. The van der Waals surface area contributed by atoms with Gasteiger partial charge in [-0.2, -0.15) is 0 Å². The number of amides is 2. The number of carbonyl (C=O) groups excluding carboxylic acids is 1. The van der Waals surface area contributed by atoms with Gasteiger partial charge >= 0.3 is 6.03 Å². The number of carbonyl (C=O) groups is 1. The van der Waals surface area contributed by atoms with E-state index in [0.717, 1.165) is 6.54 Å². The lowest BCUT2D eigenvalue weighted by atomic mass is 9.81. The van der Waals surface area contributed by atoms with Crippen molar-refractivity contribution in [3.8, 4) is 0 Å². The minimum atomic E-state index is -0.442. The molecular formula is C15H27N3O2. The molecule has 0 aliphatic rings. The highest BCUT2D eigenvalue weighted by atomic mass is 16.3. The van der Waals surface area contributed by atoms with Gasteiger partial charge < -0.3 is 20.3 Å². The molecule has 20 heavy (non-hydrogen) atoms. The van der Waals surface area contributed by atoms with E-state index in [2.05, 4.69) is 10.6 Å². The minimum Gasteiger partial charge on any atom is -0.392 e. The summed E-state index contributed by atoms with van der Waals surface area (Å²) in [5.74, 6) is 0.170. The summed E-state index contributed by atoms with van der Waals surface area (Å²) in [5.41, 5.74) is -0.341. The molecule has 1 rings (SSSR count). The Morgan fingerprint density at radius 3 is 2.40 bits per heavy atom. The van der Waals surface area contributed by atoms with Crippen molar-refractivity contribution >= 4 is 6.03 Å². The molecule has 0 saturated carbocycles. The number of nitrogens with zero attached hydrogens (tertiary/aromatic N) is 1. The second kappa shape index (κ2) is 7.33. The molecule has 1 aromatic heterocycles. The van der Waals surface area contributed by atoms with E-state index in [4.69, 9.17) is 0 Å². The number of hydrogen-bond acceptors (Lipinski definition) is 2. The molecule has 0 radical (unpaired) electrons. The van der Waals surface area contributed by atoms with Crippen LogP contribution in [0.15, 0.2) is 24.5 Å². The van der Waals surface area contributed by atoms with E-state index >= 15 is 0 Å². The van der Waals surface area contributed by atoms with Crippen LogP contribution in [0.3, 0.4) is 0 Å². The standard InChI is InChI=1S/C15H27N3O2/c1-12(2)13(19)15(3,4)11-17-14(20)16-7-10-18-8-5-6-9-18/h5-6,8-9,12-13,19H,7,10-11H2,1-4H3,(H2,16,17,20)/t13-/m1/s1. The zero-order valence-electron chi connectivity index (χ0n) is 12.9. The maximum absolute atomic E-state index is 11.7. The number of nitrogens with one attached hydrogen (secondary N) is 2. The van der Waals surface area contributed by atoms with Crippen LogP contribution in [0.25, 0.3) is 0 Å². The van der Waals surface area contributed by atoms with Crippen LogP contribution in [0, 0.1) is 11.3 Å². The Morgan fingerprint density at radius 1 is 1.25 bits per heavy atom. The number of aromatic nitrogens is 1. The largest absolute Gasteiger partial charge is 0.392 e. The molecule has 5 heteroatoms. The molecule has 1 atom stereocenters. The highest BCUT2D eigenvalue weighted by Crippen LogP contribution is 2.24. The van der Waals surface area contributed by atoms with Gasteiger partial charge in [0.2, 0.25) is 0 Å². The average molecular weight is 281 g/mol. The number of aliphatic hydroxyl groups excluding tert-OH is 1. The van der Waals surface area contributed by atoms with Gasteiger partial charge in [-0.3, -0.25) is 0 Å². The second-order valence-electron chi connectivity index (χ2n) is 6.21. The Morgan fingerprint density at radius 2 is 1.85 bits per heavy atom. The van der Waals surface area contributed by atoms with Gasteiger partial charge in [0.25, 0.3) is 0 Å². The molecule has 3 N–H and O–H groups in total. The highest BCUT2D eigenvalue weighted by molar-refractivity contribution is 5.73. The van der Waals surface area contributed by atoms with Gasteiger partial charge in [-0.05, 0) is 18.1 Å². The van der Waals surface area contributed by atoms with Crippen molar-refractivity contribution in [1.82, 2.24) is 15.2 Å². The van der Waals surface area contributed by atoms with Gasteiger partial charge in [0.1, 0.15) is 0 Å². The van der Waals surface area contributed by atoms with Crippen LogP contribution in [0.2, 0.25) is 0 Å². The van der Waals surface area contributed by atoms with Crippen molar-refractivity contribution < 1.29 is 9.90 Å². The molecule has 114 valence electrons. The van der Waals surface area contributed by atoms with Crippen LogP contribution in [0.4, 0.5) is 4.79 Å². The predicted molar refractivity (Wildman–Crippen MR) is 80.5 cm³/mol. The molecule has 1 aromatic rings. The molecular weight excluding hydrogens is 254 g/mol. The SMILES string of the molecule is CC(C)[C@@H](O)C(C)(C)CNC(=O)NCCn1cccc1. The van der Waals surface area contributed by atoms with Crippen LogP contribution < -0.4 is 10.6 Å². The highest BCUT2D eigenvalue weighted by Gasteiger charge is 2.30. The van der Waals surface area contributed by atoms with Crippen LogP contribution in [-0.4, -0.2) is 34.9 Å². The summed E-state index contributed by atoms with van der Waals surface area (Å²) in [5, 5.41) is 15.7. The molecule has 5 nitrogen and oxygen atoms in total. The fourth-order valence-corrected chi connectivity index (χ4v) is 2.20.